The smallest absolute Gasteiger partial charge is 0.337 e. The van der Waals surface area contributed by atoms with E-state index in [4.69, 9.17) is 0 Å². The molecule has 0 radical (unpaired) electrons. The van der Waals surface area contributed by atoms with E-state index in [1.54, 1.807) is 24.3 Å². The van der Waals surface area contributed by atoms with E-state index in [-0.39, 0.29) is 28.9 Å². The largest absolute Gasteiger partial charge is 0.416 e. The van der Waals surface area contributed by atoms with E-state index in [1.165, 1.54) is 41.9 Å². The molecule has 1 fully saturated rings. The first-order valence-corrected chi connectivity index (χ1v) is 11.6. The summed E-state index contributed by atoms with van der Waals surface area (Å²) in [4.78, 5) is 14.8. The number of alkyl halides is 3. The summed E-state index contributed by atoms with van der Waals surface area (Å²) >= 11 is 1.33. The maximum atomic E-state index is 13.2. The number of rotatable bonds is 5. The van der Waals surface area contributed by atoms with E-state index >= 15 is 0 Å². The summed E-state index contributed by atoms with van der Waals surface area (Å²) in [5.41, 5.74) is -0.393. The quantitative estimate of drug-likeness (QED) is 0.693. The normalized spacial score (nSPS) is 18.6. The first-order chi connectivity index (χ1) is 13.6. The number of halogens is 3. The van der Waals surface area contributed by atoms with Gasteiger partial charge >= 0.3 is 6.18 Å². The lowest BCUT2D eigenvalue weighted by molar-refractivity contribution is -0.138. The zero-order valence-corrected chi connectivity index (χ0v) is 17.3. The van der Waals surface area contributed by atoms with E-state index in [0.717, 1.165) is 6.07 Å². The molecule has 1 amide bonds. The van der Waals surface area contributed by atoms with E-state index in [0.29, 0.717) is 16.9 Å². The molecule has 1 aliphatic heterocycles. The molecule has 2 aromatic carbocycles. The lowest BCUT2D eigenvalue weighted by atomic mass is 10.1. The fraction of sp³-hybridized carbons (Fsp3) is 0.350. The Bertz CT molecular complexity index is 1010. The number of benzene rings is 2. The van der Waals surface area contributed by atoms with Gasteiger partial charge in [-0.3, -0.25) is 4.79 Å². The molecule has 0 saturated carbocycles. The van der Waals surface area contributed by atoms with Gasteiger partial charge in [-0.25, -0.2) is 8.42 Å². The third-order valence-electron chi connectivity index (χ3n) is 4.68. The van der Waals surface area contributed by atoms with Crippen molar-refractivity contribution in [1.29, 1.82) is 0 Å². The molecule has 156 valence electrons. The van der Waals surface area contributed by atoms with Crippen LogP contribution in [0.4, 0.5) is 13.2 Å². The number of amides is 1. The minimum atomic E-state index is -4.50. The maximum absolute atomic E-state index is 13.2. The highest BCUT2D eigenvalue weighted by molar-refractivity contribution is 8.02. The predicted molar refractivity (Wildman–Crippen MR) is 107 cm³/mol. The molecule has 0 aliphatic carbocycles. The second-order valence-electron chi connectivity index (χ2n) is 6.96. The van der Waals surface area contributed by atoms with Crippen LogP contribution in [0.15, 0.2) is 53.4 Å². The van der Waals surface area contributed by atoms with E-state index in [9.17, 15) is 26.4 Å². The highest BCUT2D eigenvalue weighted by atomic mass is 32.2. The number of nitrogens with zero attached hydrogens (tertiary/aromatic N) is 1. The minimum absolute atomic E-state index is 0.0165. The average Bonchev–Trinajstić information content (AvgIpc) is 2.99. The van der Waals surface area contributed by atoms with Gasteiger partial charge in [-0.2, -0.15) is 13.2 Å². The van der Waals surface area contributed by atoms with E-state index in [1.807, 2.05) is 0 Å². The number of hydrogen-bond donors (Lipinski definition) is 0. The van der Waals surface area contributed by atoms with Crippen molar-refractivity contribution in [2.24, 2.45) is 0 Å². The van der Waals surface area contributed by atoms with Gasteiger partial charge in [0.05, 0.1) is 22.6 Å². The van der Waals surface area contributed by atoms with Crippen LogP contribution in [0.1, 0.15) is 27.9 Å². The number of sulfone groups is 1. The Morgan fingerprint density at radius 1 is 1.14 bits per heavy atom. The van der Waals surface area contributed by atoms with Gasteiger partial charge in [0.15, 0.2) is 9.84 Å². The summed E-state index contributed by atoms with van der Waals surface area (Å²) in [6.45, 7) is -0.189. The first-order valence-electron chi connectivity index (χ1n) is 8.93. The molecule has 0 spiro atoms. The summed E-state index contributed by atoms with van der Waals surface area (Å²) in [5, 5.41) is -0.134. The van der Waals surface area contributed by atoms with Crippen LogP contribution in [0.3, 0.4) is 0 Å². The molecular formula is C20H20F3NO3S2. The molecule has 2 aromatic rings. The summed E-state index contributed by atoms with van der Waals surface area (Å²) in [7, 11) is -1.59. The van der Waals surface area contributed by atoms with Crippen molar-refractivity contribution in [3.8, 4) is 0 Å². The molecule has 1 aliphatic rings. The Morgan fingerprint density at radius 2 is 1.79 bits per heavy atom. The number of carbonyl (C=O) groups is 1. The van der Waals surface area contributed by atoms with Crippen molar-refractivity contribution in [2.75, 3.05) is 18.6 Å². The summed E-state index contributed by atoms with van der Waals surface area (Å²) in [5.74, 6) is -0.213. The summed E-state index contributed by atoms with van der Waals surface area (Å²) in [6, 6.07) is 12.0. The Hall–Kier alpha value is -2.00. The molecule has 0 unspecified atom stereocenters. The molecule has 1 atom stereocenters. The molecule has 29 heavy (non-hydrogen) atoms. The molecule has 1 heterocycles. The van der Waals surface area contributed by atoms with Gasteiger partial charge in [-0.05, 0) is 30.2 Å². The molecule has 1 saturated heterocycles. The lowest BCUT2D eigenvalue weighted by Gasteiger charge is -2.22. The van der Waals surface area contributed by atoms with Gasteiger partial charge in [0.25, 0.3) is 5.91 Å². The van der Waals surface area contributed by atoms with Gasteiger partial charge in [0.1, 0.15) is 0 Å². The topological polar surface area (TPSA) is 54.5 Å². The second kappa shape index (κ2) is 8.39. The van der Waals surface area contributed by atoms with E-state index in [2.05, 4.69) is 0 Å². The third kappa shape index (κ3) is 5.33. The van der Waals surface area contributed by atoms with Crippen molar-refractivity contribution >= 4 is 27.5 Å². The zero-order valence-electron chi connectivity index (χ0n) is 15.6. The van der Waals surface area contributed by atoms with Gasteiger partial charge in [-0.1, -0.05) is 30.3 Å². The lowest BCUT2D eigenvalue weighted by Crippen LogP contribution is -2.28. The van der Waals surface area contributed by atoms with E-state index < -0.39 is 27.5 Å². The molecule has 4 nitrogen and oxygen atoms in total. The fourth-order valence-electron chi connectivity index (χ4n) is 3.25. The van der Waals surface area contributed by atoms with Crippen LogP contribution in [-0.2, 0) is 22.6 Å². The third-order valence-corrected chi connectivity index (χ3v) is 8.00. The molecule has 0 bridgehead atoms. The van der Waals surface area contributed by atoms with Gasteiger partial charge < -0.3 is 4.90 Å². The second-order valence-corrected chi connectivity index (χ2v) is 10.5. The highest BCUT2D eigenvalue weighted by Crippen LogP contribution is 2.35. The number of carbonyl (C=O) groups excluding carboxylic acids is 1. The maximum Gasteiger partial charge on any atom is 0.416 e. The van der Waals surface area contributed by atoms with Crippen LogP contribution >= 0.6 is 11.8 Å². The van der Waals surface area contributed by atoms with Gasteiger partial charge in [-0.15, -0.1) is 11.8 Å². The molecule has 3 rings (SSSR count). The van der Waals surface area contributed by atoms with Crippen LogP contribution in [-0.4, -0.2) is 43.0 Å². The van der Waals surface area contributed by atoms with Crippen molar-refractivity contribution in [3.05, 3.63) is 65.2 Å². The Balaban J connectivity index is 1.79. The average molecular weight is 444 g/mol. The summed E-state index contributed by atoms with van der Waals surface area (Å²) in [6.07, 6.45) is -3.98. The van der Waals surface area contributed by atoms with Crippen molar-refractivity contribution in [2.45, 2.75) is 29.3 Å². The highest BCUT2D eigenvalue weighted by Gasteiger charge is 2.34. The SMILES string of the molecule is CN(Cc1ccccc1C(F)(F)F)C(=O)c1ccccc1S[C@H]1CCS(=O)(=O)C1. The first kappa shape index (κ1) is 21.7. The zero-order chi connectivity index (χ0) is 21.2. The standard InChI is InChI=1S/C20H20F3NO3S2/c1-24(12-14-6-2-4-8-17(14)20(21,22)23)19(25)16-7-3-5-9-18(16)28-15-10-11-29(26,27)13-15/h2-9,15H,10-13H2,1H3/t15-/m0/s1. The molecular weight excluding hydrogens is 423 g/mol. The molecule has 0 N–H and O–H groups in total. The monoisotopic (exact) mass is 443 g/mol. The van der Waals surface area contributed by atoms with Crippen LogP contribution in [0.25, 0.3) is 0 Å². The fourth-order valence-corrected chi connectivity index (χ4v) is 6.87. The van der Waals surface area contributed by atoms with Gasteiger partial charge in [0.2, 0.25) is 0 Å². The van der Waals surface area contributed by atoms with Crippen LogP contribution in [0.5, 0.6) is 0 Å². The number of hydrogen-bond acceptors (Lipinski definition) is 4. The Labute approximate surface area is 172 Å². The van der Waals surface area contributed by atoms with Crippen LogP contribution in [0, 0.1) is 0 Å². The van der Waals surface area contributed by atoms with Crippen molar-refractivity contribution in [3.63, 3.8) is 0 Å². The van der Waals surface area contributed by atoms with Crippen LogP contribution < -0.4 is 0 Å². The Kier molecular flexibility index (Phi) is 6.28. The number of thioether (sulfide) groups is 1. The van der Waals surface area contributed by atoms with Crippen LogP contribution in [0.2, 0.25) is 0 Å². The summed E-state index contributed by atoms with van der Waals surface area (Å²) < 4.78 is 63.1. The molecule has 0 aromatic heterocycles. The molecule has 9 heteroatoms. The van der Waals surface area contributed by atoms with Crippen molar-refractivity contribution < 1.29 is 26.4 Å². The minimum Gasteiger partial charge on any atom is -0.337 e. The van der Waals surface area contributed by atoms with Gasteiger partial charge in [0, 0.05) is 23.7 Å². The predicted octanol–water partition coefficient (Wildman–Crippen LogP) is 4.26. The Morgan fingerprint density at radius 3 is 2.45 bits per heavy atom. The van der Waals surface area contributed by atoms with Crippen molar-refractivity contribution in [1.82, 2.24) is 4.90 Å².